The molecule has 6 aromatic rings. The van der Waals surface area contributed by atoms with Gasteiger partial charge in [-0.1, -0.05) is 114 Å². The summed E-state index contributed by atoms with van der Waals surface area (Å²) in [7, 11) is 6.40. The zero-order valence-electron chi connectivity index (χ0n) is 41.2. The molecule has 0 atom stereocenters. The van der Waals surface area contributed by atoms with Gasteiger partial charge in [-0.05, 0) is 62.1 Å². The summed E-state index contributed by atoms with van der Waals surface area (Å²) in [5.41, 5.74) is 15.3. The predicted octanol–water partition coefficient (Wildman–Crippen LogP) is 7.34. The van der Waals surface area contributed by atoms with E-state index in [1.165, 1.54) is 42.4 Å². The zero-order valence-corrected chi connectivity index (χ0v) is 42.8. The van der Waals surface area contributed by atoms with Crippen LogP contribution in [0.15, 0.2) is 127 Å². The molecule has 384 valence electrons. The van der Waals surface area contributed by atoms with Crippen LogP contribution in [0.4, 0.5) is 40.3 Å². The molecular formula is C51H67Cl2N15O4. The maximum absolute atomic E-state index is 11.3. The number of rotatable bonds is 11. The third kappa shape index (κ3) is 19.5. The smallest absolute Gasteiger partial charge is 0.311 e. The second-order valence-corrected chi connectivity index (χ2v) is 17.8. The van der Waals surface area contributed by atoms with E-state index in [-0.39, 0.29) is 21.7 Å². The van der Waals surface area contributed by atoms with Gasteiger partial charge >= 0.3 is 11.4 Å². The van der Waals surface area contributed by atoms with Crippen LogP contribution >= 0.6 is 23.2 Å². The van der Waals surface area contributed by atoms with E-state index in [0.29, 0.717) is 24.6 Å². The van der Waals surface area contributed by atoms with Crippen molar-refractivity contribution in [2.45, 2.75) is 19.6 Å². The summed E-state index contributed by atoms with van der Waals surface area (Å²) in [6.45, 7) is 14.4. The van der Waals surface area contributed by atoms with Crippen molar-refractivity contribution in [3.8, 4) is 0 Å². The van der Waals surface area contributed by atoms with Gasteiger partial charge < -0.3 is 51.9 Å². The highest BCUT2D eigenvalue weighted by Gasteiger charge is 2.21. The number of likely N-dealkylation sites (N-methyl/N-ethyl adjacent to an activating group) is 3. The number of nitrogens with one attached hydrogen (secondary N) is 3. The van der Waals surface area contributed by atoms with Crippen LogP contribution in [0.25, 0.3) is 0 Å². The number of piperazine rings is 3. The quantitative estimate of drug-likeness (QED) is 0.0485. The van der Waals surface area contributed by atoms with E-state index in [1.807, 2.05) is 91.0 Å². The lowest BCUT2D eigenvalue weighted by atomic mass is 10.2. The molecule has 0 amide bonds. The molecule has 0 bridgehead atoms. The molecule has 3 aromatic heterocycles. The number of benzene rings is 3. The molecule has 6 heterocycles. The van der Waals surface area contributed by atoms with Gasteiger partial charge in [0.25, 0.3) is 0 Å². The van der Waals surface area contributed by atoms with Crippen molar-refractivity contribution in [3.63, 3.8) is 0 Å². The normalized spacial score (nSPS) is 14.9. The first-order valence-corrected chi connectivity index (χ1v) is 24.5. The zero-order chi connectivity index (χ0) is 51.7. The Morgan fingerprint density at radius 1 is 0.542 bits per heavy atom. The van der Waals surface area contributed by atoms with Gasteiger partial charge in [-0.2, -0.15) is 0 Å². The summed E-state index contributed by atoms with van der Waals surface area (Å²) in [4.78, 5) is 44.5. The molecule has 3 aromatic carbocycles. The van der Waals surface area contributed by atoms with Crippen molar-refractivity contribution in [3.05, 3.63) is 175 Å². The van der Waals surface area contributed by atoms with Crippen LogP contribution in [0.3, 0.4) is 0 Å². The molecule has 0 radical (unpaired) electrons. The van der Waals surface area contributed by atoms with Crippen LogP contribution in [0, 0.1) is 20.2 Å². The first-order valence-electron chi connectivity index (χ1n) is 23.7. The van der Waals surface area contributed by atoms with E-state index >= 15 is 0 Å². The second-order valence-electron chi connectivity index (χ2n) is 17.1. The molecule has 0 saturated carbocycles. The van der Waals surface area contributed by atoms with Crippen molar-refractivity contribution in [1.82, 2.24) is 35.0 Å². The van der Waals surface area contributed by atoms with E-state index in [0.717, 1.165) is 95.0 Å². The molecule has 3 aliphatic rings. The fraction of sp³-hybridized carbons (Fsp3) is 0.353. The van der Waals surface area contributed by atoms with Crippen LogP contribution in [-0.2, 0) is 19.6 Å². The van der Waals surface area contributed by atoms with Crippen molar-refractivity contribution in [2.24, 2.45) is 5.73 Å². The third-order valence-electron chi connectivity index (χ3n) is 11.6. The van der Waals surface area contributed by atoms with Gasteiger partial charge in [-0.25, -0.2) is 15.0 Å². The minimum absolute atomic E-state index is 0.00353. The first-order chi connectivity index (χ1) is 34.8. The van der Waals surface area contributed by atoms with Gasteiger partial charge in [-0.15, -0.1) is 0 Å². The molecule has 3 aliphatic heterocycles. The van der Waals surface area contributed by atoms with Crippen LogP contribution < -0.4 is 37.2 Å². The van der Waals surface area contributed by atoms with Gasteiger partial charge in [-0.3, -0.25) is 20.2 Å². The van der Waals surface area contributed by atoms with Gasteiger partial charge in [0, 0.05) is 110 Å². The predicted molar refractivity (Wildman–Crippen MR) is 292 cm³/mol. The fourth-order valence-electron chi connectivity index (χ4n) is 7.24. The Kier molecular flexibility index (Phi) is 23.6. The highest BCUT2D eigenvalue weighted by Crippen LogP contribution is 2.27. The molecule has 7 N–H and O–H groups in total. The maximum Gasteiger partial charge on any atom is 0.311 e. The Hall–Kier alpha value is -6.71. The Balaban J connectivity index is 0.000000182. The molecule has 9 rings (SSSR count). The number of aromatic nitrogens is 3. The Bertz CT molecular complexity index is 2530. The largest absolute Gasteiger partial charge is 0.396 e. The SMILES string of the molecule is CN1CCN(c2ccc(N)c(NCc3ccccc3)n2)CC1.CN1CCN(c2ccc([N+](=O)[O-])c(NCc3ccccc3)n2)CC1.CN1CCNCC1.NCc1ccccc1.O=[N+]([O-])c1ccc(Cl)nc1Cl. The summed E-state index contributed by atoms with van der Waals surface area (Å²) in [5, 5.41) is 31.1. The van der Waals surface area contributed by atoms with E-state index in [4.69, 9.17) is 39.7 Å². The molecule has 21 heteroatoms. The minimum Gasteiger partial charge on any atom is -0.396 e. The van der Waals surface area contributed by atoms with Crippen molar-refractivity contribution in [2.75, 3.05) is 126 Å². The molecular weight excluding hydrogens is 958 g/mol. The molecule has 3 fully saturated rings. The van der Waals surface area contributed by atoms with E-state index < -0.39 is 9.85 Å². The Morgan fingerprint density at radius 3 is 1.38 bits per heavy atom. The molecule has 0 spiro atoms. The number of nitro groups is 2. The van der Waals surface area contributed by atoms with Crippen LogP contribution in [0.5, 0.6) is 0 Å². The molecule has 3 saturated heterocycles. The number of anilines is 5. The van der Waals surface area contributed by atoms with Crippen LogP contribution in [0.1, 0.15) is 16.7 Å². The van der Waals surface area contributed by atoms with Gasteiger partial charge in [0.05, 0.1) is 15.5 Å². The lowest BCUT2D eigenvalue weighted by molar-refractivity contribution is -0.385. The van der Waals surface area contributed by atoms with E-state index in [9.17, 15) is 20.2 Å². The summed E-state index contributed by atoms with van der Waals surface area (Å²) in [6, 6.07) is 39.8. The lowest BCUT2D eigenvalue weighted by Gasteiger charge is -2.33. The average Bonchev–Trinajstić information content (AvgIpc) is 3.40. The lowest BCUT2D eigenvalue weighted by Crippen LogP contribution is -2.44. The van der Waals surface area contributed by atoms with E-state index in [2.05, 4.69) is 83.7 Å². The van der Waals surface area contributed by atoms with Crippen molar-refractivity contribution in [1.29, 1.82) is 0 Å². The first kappa shape index (κ1) is 56.2. The standard InChI is InChI=1S/C17H21N5O2.C17H23N5.C7H9N.C5H2Cl2N2O2.C5H12N2/c1-20-9-11-21(12-10-20)16-8-7-15(22(23)24)17(19-16)18-13-14-5-3-2-4-6-14;1-21-9-11-22(12-10-21)16-8-7-15(18)17(20-16)19-13-14-5-3-2-4-6-14;8-6-7-4-2-1-3-5-7;6-4-2-1-3(9(10)11)5(7)8-4;1-7-4-2-6-3-5-7/h2-8H,9-13H2,1H3,(H,18,19);2-8H,9-13,18H2,1H3,(H,19,20);1-5H,6,8H2;1-2H;6H,2-5H2,1H3. The van der Waals surface area contributed by atoms with Crippen molar-refractivity contribution >= 4 is 63.5 Å². The molecule has 19 nitrogen and oxygen atoms in total. The van der Waals surface area contributed by atoms with Crippen LogP contribution in [-0.4, -0.2) is 139 Å². The summed E-state index contributed by atoms with van der Waals surface area (Å²) in [5.74, 6) is 2.86. The number of halogens is 2. The van der Waals surface area contributed by atoms with Gasteiger partial charge in [0.15, 0.2) is 5.82 Å². The highest BCUT2D eigenvalue weighted by molar-refractivity contribution is 6.33. The van der Waals surface area contributed by atoms with Crippen LogP contribution in [0.2, 0.25) is 10.3 Å². The fourth-order valence-corrected chi connectivity index (χ4v) is 7.65. The number of nitrogens with zero attached hydrogens (tertiary/aromatic N) is 10. The summed E-state index contributed by atoms with van der Waals surface area (Å²) >= 11 is 10.8. The molecule has 72 heavy (non-hydrogen) atoms. The summed E-state index contributed by atoms with van der Waals surface area (Å²) < 4.78 is 0. The highest BCUT2D eigenvalue weighted by atomic mass is 35.5. The summed E-state index contributed by atoms with van der Waals surface area (Å²) in [6.07, 6.45) is 0. The number of nitrogens with two attached hydrogens (primary N) is 2. The average molecular weight is 1030 g/mol. The number of hydrogen-bond donors (Lipinski definition) is 5. The Morgan fingerprint density at radius 2 is 0.958 bits per heavy atom. The second kappa shape index (κ2) is 30.2. The third-order valence-corrected chi connectivity index (χ3v) is 12.1. The molecule has 0 unspecified atom stereocenters. The monoisotopic (exact) mass is 1020 g/mol. The topological polar surface area (TPSA) is 229 Å². The van der Waals surface area contributed by atoms with Gasteiger partial charge in [0.1, 0.15) is 16.8 Å². The minimum atomic E-state index is -0.619. The van der Waals surface area contributed by atoms with Crippen molar-refractivity contribution < 1.29 is 9.85 Å². The van der Waals surface area contributed by atoms with Gasteiger partial charge in [0.2, 0.25) is 11.0 Å². The number of hydrogen-bond acceptors (Lipinski definition) is 17. The Labute approximate surface area is 432 Å². The number of pyridine rings is 3. The maximum atomic E-state index is 11.3. The molecule has 0 aliphatic carbocycles. The van der Waals surface area contributed by atoms with E-state index in [1.54, 1.807) is 6.07 Å². The number of nitrogen functional groups attached to an aromatic ring is 1.